The summed E-state index contributed by atoms with van der Waals surface area (Å²) in [5, 5.41) is 0. The summed E-state index contributed by atoms with van der Waals surface area (Å²) in [7, 11) is 1.78. The molecule has 0 heterocycles. The van der Waals surface area contributed by atoms with Crippen molar-refractivity contribution >= 4 is 11.6 Å². The molecule has 1 saturated carbocycles. The van der Waals surface area contributed by atoms with Crippen molar-refractivity contribution in [1.82, 2.24) is 4.90 Å². The number of carbonyl (C=O) groups excluding carboxylic acids is 1. The molecule has 0 saturated heterocycles. The smallest absolute Gasteiger partial charge is 0.253 e. The van der Waals surface area contributed by atoms with Crippen LogP contribution in [0.1, 0.15) is 42.5 Å². The molecule has 1 aromatic carbocycles. The van der Waals surface area contributed by atoms with E-state index in [1.54, 1.807) is 18.0 Å². The summed E-state index contributed by atoms with van der Waals surface area (Å²) in [6.45, 7) is 0.755. The van der Waals surface area contributed by atoms with E-state index in [0.29, 0.717) is 11.5 Å². The Labute approximate surface area is 113 Å². The molecule has 0 atom stereocenters. The van der Waals surface area contributed by atoms with Gasteiger partial charge in [0.15, 0.2) is 0 Å². The van der Waals surface area contributed by atoms with Crippen molar-refractivity contribution in [2.24, 2.45) is 5.92 Å². The van der Waals surface area contributed by atoms with Gasteiger partial charge < -0.3 is 10.6 Å². The highest BCUT2D eigenvalue weighted by Crippen LogP contribution is 2.24. The fourth-order valence-electron chi connectivity index (χ4n) is 2.72. The van der Waals surface area contributed by atoms with Crippen LogP contribution in [0.25, 0.3) is 0 Å². The lowest BCUT2D eigenvalue weighted by Crippen LogP contribution is -2.32. The number of nitrogens with two attached hydrogens (primary N) is 1. The van der Waals surface area contributed by atoms with Gasteiger partial charge in [0.25, 0.3) is 5.91 Å². The molecule has 1 aromatic rings. The van der Waals surface area contributed by atoms with E-state index < -0.39 is 5.82 Å². The number of anilines is 1. The highest BCUT2D eigenvalue weighted by molar-refractivity contribution is 5.94. The zero-order chi connectivity index (χ0) is 13.8. The van der Waals surface area contributed by atoms with Crippen molar-refractivity contribution in [3.8, 4) is 0 Å². The molecular weight excluding hydrogens is 243 g/mol. The van der Waals surface area contributed by atoms with Crippen LogP contribution in [-0.4, -0.2) is 24.4 Å². The molecule has 1 aliphatic rings. The molecule has 0 radical (unpaired) electrons. The van der Waals surface area contributed by atoms with Gasteiger partial charge in [-0.2, -0.15) is 0 Å². The number of hydrogen-bond acceptors (Lipinski definition) is 2. The molecule has 3 nitrogen and oxygen atoms in total. The summed E-state index contributed by atoms with van der Waals surface area (Å²) in [4.78, 5) is 13.9. The zero-order valence-corrected chi connectivity index (χ0v) is 11.4. The molecule has 0 aromatic heterocycles. The van der Waals surface area contributed by atoms with E-state index in [-0.39, 0.29) is 11.6 Å². The second-order valence-corrected chi connectivity index (χ2v) is 5.43. The molecular formula is C15H21FN2O. The summed E-state index contributed by atoms with van der Waals surface area (Å²) in [5.74, 6) is -0.0808. The molecule has 2 rings (SSSR count). The Balaban J connectivity index is 1.99. The van der Waals surface area contributed by atoms with Crippen LogP contribution in [-0.2, 0) is 0 Å². The second kappa shape index (κ2) is 6.04. The normalized spacial score (nSPS) is 16.3. The van der Waals surface area contributed by atoms with E-state index in [1.165, 1.54) is 44.2 Å². The van der Waals surface area contributed by atoms with Gasteiger partial charge in [0.05, 0.1) is 5.69 Å². The summed E-state index contributed by atoms with van der Waals surface area (Å²) >= 11 is 0. The van der Waals surface area contributed by atoms with Crippen molar-refractivity contribution in [1.29, 1.82) is 0 Å². The first-order chi connectivity index (χ1) is 9.08. The molecule has 0 unspecified atom stereocenters. The van der Waals surface area contributed by atoms with E-state index in [9.17, 15) is 9.18 Å². The van der Waals surface area contributed by atoms with Gasteiger partial charge in [-0.05, 0) is 37.0 Å². The first kappa shape index (κ1) is 13.8. The quantitative estimate of drug-likeness (QED) is 0.853. The van der Waals surface area contributed by atoms with Crippen LogP contribution >= 0.6 is 0 Å². The van der Waals surface area contributed by atoms with Crippen molar-refractivity contribution in [3.05, 3.63) is 29.6 Å². The molecule has 104 valence electrons. The topological polar surface area (TPSA) is 46.3 Å². The Morgan fingerprint density at radius 1 is 1.37 bits per heavy atom. The fourth-order valence-corrected chi connectivity index (χ4v) is 2.72. The molecule has 19 heavy (non-hydrogen) atoms. The Morgan fingerprint density at radius 3 is 2.68 bits per heavy atom. The summed E-state index contributed by atoms with van der Waals surface area (Å²) in [5.41, 5.74) is 5.86. The van der Waals surface area contributed by atoms with Crippen LogP contribution in [0.5, 0.6) is 0 Å². The van der Waals surface area contributed by atoms with Crippen molar-refractivity contribution in [3.63, 3.8) is 0 Å². The van der Waals surface area contributed by atoms with E-state index in [1.807, 2.05) is 0 Å². The van der Waals surface area contributed by atoms with Gasteiger partial charge in [-0.15, -0.1) is 0 Å². The molecule has 0 bridgehead atoms. The number of halogens is 1. The largest absolute Gasteiger partial charge is 0.396 e. The third-order valence-corrected chi connectivity index (χ3v) is 3.85. The SMILES string of the molecule is CN(CC1CCCCC1)C(=O)c1ccc(N)c(F)c1. The highest BCUT2D eigenvalue weighted by Gasteiger charge is 2.19. The molecule has 4 heteroatoms. The van der Waals surface area contributed by atoms with E-state index in [4.69, 9.17) is 5.73 Å². The fraction of sp³-hybridized carbons (Fsp3) is 0.533. The highest BCUT2D eigenvalue weighted by atomic mass is 19.1. The maximum absolute atomic E-state index is 13.4. The van der Waals surface area contributed by atoms with Gasteiger partial charge >= 0.3 is 0 Å². The molecule has 2 N–H and O–H groups in total. The average Bonchev–Trinajstić information content (AvgIpc) is 2.42. The lowest BCUT2D eigenvalue weighted by atomic mass is 9.89. The Morgan fingerprint density at radius 2 is 2.05 bits per heavy atom. The van der Waals surface area contributed by atoms with Gasteiger partial charge in [-0.25, -0.2) is 4.39 Å². The van der Waals surface area contributed by atoms with Crippen LogP contribution in [0, 0.1) is 11.7 Å². The predicted octanol–water partition coefficient (Wildman–Crippen LogP) is 3.06. The van der Waals surface area contributed by atoms with E-state index >= 15 is 0 Å². The summed E-state index contributed by atoms with van der Waals surface area (Å²) in [6, 6.07) is 4.24. The van der Waals surface area contributed by atoms with Crippen molar-refractivity contribution in [2.45, 2.75) is 32.1 Å². The molecule has 1 fully saturated rings. The third kappa shape index (κ3) is 3.46. The first-order valence-corrected chi connectivity index (χ1v) is 6.88. The molecule has 1 amide bonds. The van der Waals surface area contributed by atoms with Crippen LogP contribution in [0.3, 0.4) is 0 Å². The van der Waals surface area contributed by atoms with Gasteiger partial charge in [0, 0.05) is 19.2 Å². The second-order valence-electron chi connectivity index (χ2n) is 5.43. The minimum Gasteiger partial charge on any atom is -0.396 e. The van der Waals surface area contributed by atoms with Gasteiger partial charge in [0.2, 0.25) is 0 Å². The number of benzene rings is 1. The summed E-state index contributed by atoms with van der Waals surface area (Å²) < 4.78 is 13.4. The molecule has 0 aliphatic heterocycles. The summed E-state index contributed by atoms with van der Waals surface area (Å²) in [6.07, 6.45) is 6.19. The van der Waals surface area contributed by atoms with Crippen molar-refractivity contribution in [2.75, 3.05) is 19.3 Å². The van der Waals surface area contributed by atoms with Gasteiger partial charge in [0.1, 0.15) is 5.82 Å². The third-order valence-electron chi connectivity index (χ3n) is 3.85. The number of hydrogen-bond donors (Lipinski definition) is 1. The number of amides is 1. The van der Waals surface area contributed by atoms with E-state index in [2.05, 4.69) is 0 Å². The van der Waals surface area contributed by atoms with Crippen molar-refractivity contribution < 1.29 is 9.18 Å². The van der Waals surface area contributed by atoms with Crippen LogP contribution < -0.4 is 5.73 Å². The number of carbonyl (C=O) groups is 1. The Hall–Kier alpha value is -1.58. The molecule has 1 aliphatic carbocycles. The van der Waals surface area contributed by atoms with Gasteiger partial charge in [-0.1, -0.05) is 19.3 Å². The Kier molecular flexibility index (Phi) is 4.40. The maximum atomic E-state index is 13.4. The van der Waals surface area contributed by atoms with E-state index in [0.717, 1.165) is 6.54 Å². The minimum atomic E-state index is -0.531. The molecule has 0 spiro atoms. The average molecular weight is 264 g/mol. The minimum absolute atomic E-state index is 0.0754. The van der Waals surface area contributed by atoms with Gasteiger partial charge in [-0.3, -0.25) is 4.79 Å². The van der Waals surface area contributed by atoms with Crippen LogP contribution in [0.15, 0.2) is 18.2 Å². The zero-order valence-electron chi connectivity index (χ0n) is 11.4. The Bertz CT molecular complexity index is 455. The monoisotopic (exact) mass is 264 g/mol. The van der Waals surface area contributed by atoms with Crippen LogP contribution in [0.2, 0.25) is 0 Å². The number of nitrogen functional groups attached to an aromatic ring is 1. The predicted molar refractivity (Wildman–Crippen MR) is 74.3 cm³/mol. The van der Waals surface area contributed by atoms with Crippen LogP contribution in [0.4, 0.5) is 10.1 Å². The first-order valence-electron chi connectivity index (χ1n) is 6.88. The number of nitrogens with zero attached hydrogens (tertiary/aromatic N) is 1. The lowest BCUT2D eigenvalue weighted by Gasteiger charge is -2.27. The maximum Gasteiger partial charge on any atom is 0.253 e. The lowest BCUT2D eigenvalue weighted by molar-refractivity contribution is 0.0760. The standard InChI is InChI=1S/C15H21FN2O/c1-18(10-11-5-3-2-4-6-11)15(19)12-7-8-14(17)13(16)9-12/h7-9,11H,2-6,10,17H2,1H3. The number of rotatable bonds is 3.